The summed E-state index contributed by atoms with van der Waals surface area (Å²) in [6.07, 6.45) is 6.87. The Kier molecular flexibility index (Phi) is 10.9. The highest BCUT2D eigenvalue weighted by Crippen LogP contribution is 2.35. The number of urea groups is 1. The van der Waals surface area contributed by atoms with Crippen LogP contribution in [0.5, 0.6) is 5.75 Å². The summed E-state index contributed by atoms with van der Waals surface area (Å²) in [5.41, 5.74) is 4.96. The van der Waals surface area contributed by atoms with Gasteiger partial charge >= 0.3 is 11.7 Å². The fourth-order valence-electron chi connectivity index (χ4n) is 6.72. The number of aryl methyl sites for hydroxylation is 1. The number of rotatable bonds is 14. The molecule has 15 nitrogen and oxygen atoms in total. The van der Waals surface area contributed by atoms with E-state index in [1.54, 1.807) is 48.7 Å². The second-order valence-electron chi connectivity index (χ2n) is 14.4. The van der Waals surface area contributed by atoms with E-state index in [9.17, 15) is 24.5 Å². The van der Waals surface area contributed by atoms with E-state index in [1.807, 2.05) is 63.4 Å². The third-order valence-corrected chi connectivity index (χ3v) is 9.69. The van der Waals surface area contributed by atoms with Gasteiger partial charge in [-0.15, -0.1) is 0 Å². The Bertz CT molecular complexity index is 2490. The minimum atomic E-state index is -0.835. The van der Waals surface area contributed by atoms with Crippen molar-refractivity contribution in [1.82, 2.24) is 19.9 Å². The summed E-state index contributed by atoms with van der Waals surface area (Å²) in [7, 11) is 1.64. The van der Waals surface area contributed by atoms with Crippen molar-refractivity contribution in [2.75, 3.05) is 34.1 Å². The summed E-state index contributed by atoms with van der Waals surface area (Å²) in [4.78, 5) is 72.6. The van der Waals surface area contributed by atoms with Gasteiger partial charge in [-0.2, -0.15) is 4.98 Å². The summed E-state index contributed by atoms with van der Waals surface area (Å²) in [5, 5.41) is 18.8. The van der Waals surface area contributed by atoms with Gasteiger partial charge in [-0.25, -0.2) is 9.78 Å². The highest BCUT2D eigenvalue weighted by Gasteiger charge is 2.32. The van der Waals surface area contributed by atoms with E-state index in [4.69, 9.17) is 4.74 Å². The summed E-state index contributed by atoms with van der Waals surface area (Å²) in [5.74, 6) is -0.720. The first-order chi connectivity index (χ1) is 27.4. The number of carbonyl (C=O) groups is 3. The first-order valence-electron chi connectivity index (χ1n) is 18.4. The largest absolute Gasteiger partial charge is 0.487 e. The standard InChI is InChI=1S/C42H41N9O6/c1-25(2)24-57-38-18-27(12-14-35(38)51(55)56)37(52)17-28(16-29-20-44-34-10-6-5-9-33(29)34)40(53)46-31-13-11-26(3)36(19-31)50-23-30-21-45-41(47-32-8-7-15-43-22-32)48-39(30)49(4)42(50)54/h5-15,18-22,25,28,44H,16-17,23-24H2,1-4H3,(H,46,53)(H,45,47,48)/t28-/m1/s1. The van der Waals surface area contributed by atoms with Crippen molar-refractivity contribution in [3.63, 3.8) is 0 Å². The molecule has 15 heteroatoms. The Morgan fingerprint density at radius 2 is 1.86 bits per heavy atom. The number of H-pyrrole nitrogens is 1. The minimum absolute atomic E-state index is 0.00158. The van der Waals surface area contributed by atoms with Gasteiger partial charge in [0.25, 0.3) is 0 Å². The number of benzene rings is 3. The van der Waals surface area contributed by atoms with Gasteiger partial charge in [0.1, 0.15) is 5.82 Å². The number of ketones is 1. The maximum Gasteiger partial charge on any atom is 0.330 e. The van der Waals surface area contributed by atoms with E-state index in [0.29, 0.717) is 28.8 Å². The molecular formula is C42H41N9O6. The first-order valence-corrected chi connectivity index (χ1v) is 18.4. The van der Waals surface area contributed by atoms with Crippen LogP contribution in [0.3, 0.4) is 0 Å². The molecule has 0 bridgehead atoms. The molecule has 0 unspecified atom stereocenters. The lowest BCUT2D eigenvalue weighted by molar-refractivity contribution is -0.385. The number of pyridine rings is 1. The smallest absolute Gasteiger partial charge is 0.330 e. The van der Waals surface area contributed by atoms with Crippen LogP contribution >= 0.6 is 0 Å². The Labute approximate surface area is 328 Å². The molecule has 1 aliphatic rings. The first kappa shape index (κ1) is 38.1. The molecule has 3 aromatic carbocycles. The Hall–Kier alpha value is -7.16. The monoisotopic (exact) mass is 767 g/mol. The van der Waals surface area contributed by atoms with Crippen molar-refractivity contribution in [3.8, 4) is 5.75 Å². The number of nitro benzene ring substituents is 1. The van der Waals surface area contributed by atoms with Crippen LogP contribution in [0, 0.1) is 28.9 Å². The molecule has 0 fully saturated rings. The third-order valence-electron chi connectivity index (χ3n) is 9.69. The fourth-order valence-corrected chi connectivity index (χ4v) is 6.72. The van der Waals surface area contributed by atoms with Crippen LogP contribution in [0.1, 0.15) is 47.3 Å². The van der Waals surface area contributed by atoms with E-state index < -0.39 is 16.7 Å². The summed E-state index contributed by atoms with van der Waals surface area (Å²) in [6, 6.07) is 20.4. The average Bonchev–Trinajstić information content (AvgIpc) is 3.61. The maximum atomic E-state index is 14.2. The second kappa shape index (κ2) is 16.3. The molecule has 0 saturated carbocycles. The van der Waals surface area contributed by atoms with Crippen molar-refractivity contribution in [2.24, 2.45) is 11.8 Å². The number of para-hydroxylation sites is 1. The van der Waals surface area contributed by atoms with Crippen LogP contribution in [0.4, 0.5) is 39.3 Å². The lowest BCUT2D eigenvalue weighted by Gasteiger charge is -2.35. The van der Waals surface area contributed by atoms with Crippen LogP contribution in [-0.4, -0.2) is 56.2 Å². The molecule has 7 rings (SSSR count). The Balaban J connectivity index is 1.14. The van der Waals surface area contributed by atoms with Crippen LogP contribution in [-0.2, 0) is 17.8 Å². The molecular weight excluding hydrogens is 727 g/mol. The molecule has 3 N–H and O–H groups in total. The summed E-state index contributed by atoms with van der Waals surface area (Å²) < 4.78 is 5.73. The minimum Gasteiger partial charge on any atom is -0.487 e. The number of fused-ring (bicyclic) bond motifs is 2. The number of anilines is 5. The van der Waals surface area contributed by atoms with Crippen LogP contribution < -0.4 is 25.2 Å². The lowest BCUT2D eigenvalue weighted by atomic mass is 9.91. The normalized spacial score (nSPS) is 13.0. The molecule has 0 aliphatic carbocycles. The molecule has 4 heterocycles. The third kappa shape index (κ3) is 8.42. The number of nitro groups is 1. The van der Waals surface area contributed by atoms with Gasteiger partial charge in [-0.05, 0) is 72.9 Å². The molecule has 0 saturated heterocycles. The number of nitrogens with one attached hydrogen (secondary N) is 3. The average molecular weight is 768 g/mol. The number of ether oxygens (including phenoxy) is 1. The second-order valence-corrected chi connectivity index (χ2v) is 14.4. The van der Waals surface area contributed by atoms with Gasteiger partial charge in [0.05, 0.1) is 35.6 Å². The van der Waals surface area contributed by atoms with Crippen LogP contribution in [0.2, 0.25) is 0 Å². The van der Waals surface area contributed by atoms with E-state index in [1.165, 1.54) is 23.1 Å². The zero-order valence-electron chi connectivity index (χ0n) is 31.9. The van der Waals surface area contributed by atoms with Crippen LogP contribution in [0.25, 0.3) is 10.9 Å². The molecule has 0 spiro atoms. The number of Topliss-reactive ketones (excluding diaryl/α,β-unsaturated/α-hetero) is 1. The number of carbonyl (C=O) groups excluding carboxylic acids is 3. The number of aromatic amines is 1. The summed E-state index contributed by atoms with van der Waals surface area (Å²) in [6.45, 7) is 6.14. The topological polar surface area (TPSA) is 189 Å². The van der Waals surface area contributed by atoms with E-state index in [-0.39, 0.29) is 60.7 Å². The zero-order chi connectivity index (χ0) is 40.2. The molecule has 0 radical (unpaired) electrons. The van der Waals surface area contributed by atoms with Gasteiger partial charge in [-0.3, -0.25) is 34.5 Å². The molecule has 1 atom stereocenters. The molecule has 3 amide bonds. The zero-order valence-corrected chi connectivity index (χ0v) is 31.9. The van der Waals surface area contributed by atoms with Crippen LogP contribution in [0.15, 0.2) is 97.6 Å². The number of nitrogens with zero attached hydrogens (tertiary/aromatic N) is 6. The molecule has 1 aliphatic heterocycles. The Morgan fingerprint density at radius 1 is 1.04 bits per heavy atom. The number of hydrogen-bond donors (Lipinski definition) is 3. The summed E-state index contributed by atoms with van der Waals surface area (Å²) >= 11 is 0. The molecule has 290 valence electrons. The van der Waals surface area contributed by atoms with Crippen molar-refractivity contribution in [3.05, 3.63) is 130 Å². The fraction of sp³-hybridized carbons (Fsp3) is 0.238. The molecule has 57 heavy (non-hydrogen) atoms. The maximum absolute atomic E-state index is 14.2. The number of hydrogen-bond acceptors (Lipinski definition) is 10. The van der Waals surface area contributed by atoms with Gasteiger partial charge in [0.2, 0.25) is 11.9 Å². The highest BCUT2D eigenvalue weighted by atomic mass is 16.6. The van der Waals surface area contributed by atoms with Crippen molar-refractivity contribution < 1.29 is 24.0 Å². The van der Waals surface area contributed by atoms with Crippen molar-refractivity contribution >= 4 is 63.1 Å². The molecule has 3 aromatic heterocycles. The lowest BCUT2D eigenvalue weighted by Crippen LogP contribution is -2.46. The van der Waals surface area contributed by atoms with E-state index >= 15 is 0 Å². The highest BCUT2D eigenvalue weighted by molar-refractivity contribution is 6.06. The van der Waals surface area contributed by atoms with E-state index in [2.05, 4.69) is 30.6 Å². The van der Waals surface area contributed by atoms with Crippen molar-refractivity contribution in [2.45, 2.75) is 40.2 Å². The van der Waals surface area contributed by atoms with Gasteiger partial charge in [-0.1, -0.05) is 38.1 Å². The van der Waals surface area contributed by atoms with E-state index in [0.717, 1.165) is 27.6 Å². The quantitative estimate of drug-likeness (QED) is 0.0557. The van der Waals surface area contributed by atoms with Gasteiger partial charge in [0, 0.05) is 71.8 Å². The van der Waals surface area contributed by atoms with Gasteiger partial charge < -0.3 is 20.4 Å². The predicted molar refractivity (Wildman–Crippen MR) is 217 cm³/mol. The SMILES string of the molecule is Cc1ccc(NC(=O)[C@@H](CC(=O)c2ccc([N+](=O)[O-])c(OCC(C)C)c2)Cc2c[nH]c3ccccc23)cc1N1Cc2cnc(Nc3cccnc3)nc2N(C)C1=O. The molecule has 6 aromatic rings. The number of amides is 3. The van der Waals surface area contributed by atoms with Crippen molar-refractivity contribution in [1.29, 1.82) is 0 Å². The predicted octanol–water partition coefficient (Wildman–Crippen LogP) is 7.99. The number of aromatic nitrogens is 4. The van der Waals surface area contributed by atoms with Gasteiger partial charge in [0.15, 0.2) is 11.5 Å². The Morgan fingerprint density at radius 3 is 2.63 bits per heavy atom.